The van der Waals surface area contributed by atoms with E-state index in [9.17, 15) is 4.79 Å². The number of hydrogen-bond acceptors (Lipinski definition) is 5. The molecule has 2 aromatic rings. The lowest BCUT2D eigenvalue weighted by molar-refractivity contribution is 0.0737. The lowest BCUT2D eigenvalue weighted by Gasteiger charge is -2.35. The predicted molar refractivity (Wildman–Crippen MR) is 82.7 cm³/mol. The van der Waals surface area contributed by atoms with Crippen molar-refractivity contribution in [1.82, 2.24) is 24.4 Å². The van der Waals surface area contributed by atoms with Crippen molar-refractivity contribution in [2.45, 2.75) is 13.3 Å². The summed E-state index contributed by atoms with van der Waals surface area (Å²) in [6, 6.07) is 2.03. The Balaban J connectivity index is 1.65. The van der Waals surface area contributed by atoms with Crippen molar-refractivity contribution in [3.63, 3.8) is 0 Å². The Hall–Kier alpha value is -2.44. The van der Waals surface area contributed by atoms with Crippen LogP contribution in [0, 0.1) is 0 Å². The molecule has 3 heterocycles. The summed E-state index contributed by atoms with van der Waals surface area (Å²) >= 11 is 0. The van der Waals surface area contributed by atoms with E-state index in [1.54, 1.807) is 23.4 Å². The molecule has 0 radical (unpaired) electrons. The van der Waals surface area contributed by atoms with Gasteiger partial charge in [-0.3, -0.25) is 4.79 Å². The number of aromatic nitrogens is 4. The molecule has 0 unspecified atom stereocenters. The average Bonchev–Trinajstić information content (AvgIpc) is 3.00. The Kier molecular flexibility index (Phi) is 4.04. The third-order valence-corrected chi connectivity index (χ3v) is 4.00. The van der Waals surface area contributed by atoms with Crippen molar-refractivity contribution in [2.24, 2.45) is 7.05 Å². The molecule has 0 saturated carbocycles. The minimum Gasteiger partial charge on any atom is -0.353 e. The van der Waals surface area contributed by atoms with E-state index < -0.39 is 0 Å². The van der Waals surface area contributed by atoms with Gasteiger partial charge in [0.05, 0.1) is 12.5 Å². The number of nitrogens with zero attached hydrogens (tertiary/aromatic N) is 6. The number of rotatable bonds is 3. The summed E-state index contributed by atoms with van der Waals surface area (Å²) in [7, 11) is 1.84. The lowest BCUT2D eigenvalue weighted by atomic mass is 10.2. The normalized spacial score (nSPS) is 15.2. The first-order valence-electron chi connectivity index (χ1n) is 7.50. The molecular weight excluding hydrogens is 280 g/mol. The van der Waals surface area contributed by atoms with Crippen molar-refractivity contribution in [1.29, 1.82) is 0 Å². The molecule has 0 bridgehead atoms. The molecule has 1 saturated heterocycles. The highest BCUT2D eigenvalue weighted by molar-refractivity contribution is 5.92. The van der Waals surface area contributed by atoms with E-state index in [0.717, 1.165) is 31.0 Å². The summed E-state index contributed by atoms with van der Waals surface area (Å²) in [5.41, 5.74) is 1.67. The van der Waals surface area contributed by atoms with Gasteiger partial charge in [-0.1, -0.05) is 6.92 Å². The molecule has 1 aliphatic heterocycles. The summed E-state index contributed by atoms with van der Waals surface area (Å²) in [5, 5.41) is 0. The molecule has 0 N–H and O–H groups in total. The molecule has 116 valence electrons. The Labute approximate surface area is 129 Å². The summed E-state index contributed by atoms with van der Waals surface area (Å²) in [4.78, 5) is 29.1. The molecule has 3 rings (SSSR count). The maximum absolute atomic E-state index is 12.4. The number of piperazine rings is 1. The van der Waals surface area contributed by atoms with Crippen LogP contribution in [0.4, 0.5) is 5.82 Å². The van der Waals surface area contributed by atoms with Crippen molar-refractivity contribution in [2.75, 3.05) is 31.1 Å². The molecule has 1 fully saturated rings. The molecule has 0 atom stereocenters. The van der Waals surface area contributed by atoms with Gasteiger partial charge in [-0.05, 0) is 6.42 Å². The first-order chi connectivity index (χ1) is 10.7. The highest BCUT2D eigenvalue weighted by Crippen LogP contribution is 2.15. The quantitative estimate of drug-likeness (QED) is 0.836. The summed E-state index contributed by atoms with van der Waals surface area (Å²) in [6.07, 6.45) is 5.78. The SMILES string of the molecule is CCc1cc(N2CCN(C(=O)c3cncn3C)CC2)ncn1. The number of aryl methyl sites for hydroxylation is 2. The highest BCUT2D eigenvalue weighted by atomic mass is 16.2. The van der Waals surface area contributed by atoms with Gasteiger partial charge in [0.25, 0.3) is 5.91 Å². The van der Waals surface area contributed by atoms with Gasteiger partial charge in [0.1, 0.15) is 17.8 Å². The maximum Gasteiger partial charge on any atom is 0.272 e. The summed E-state index contributed by atoms with van der Waals surface area (Å²) < 4.78 is 1.76. The third-order valence-electron chi connectivity index (χ3n) is 4.00. The van der Waals surface area contributed by atoms with Crippen LogP contribution in [-0.2, 0) is 13.5 Å². The second-order valence-electron chi connectivity index (χ2n) is 5.39. The molecule has 0 spiro atoms. The van der Waals surface area contributed by atoms with Gasteiger partial charge in [-0.2, -0.15) is 0 Å². The zero-order valence-corrected chi connectivity index (χ0v) is 12.9. The molecule has 1 amide bonds. The zero-order valence-electron chi connectivity index (χ0n) is 12.9. The fourth-order valence-corrected chi connectivity index (χ4v) is 2.62. The standard InChI is InChI=1S/C15H20N6O/c1-3-12-8-14(18-10-17-12)20-4-6-21(7-5-20)15(22)13-9-16-11-19(13)2/h8-11H,3-7H2,1-2H3. The van der Waals surface area contributed by atoms with Gasteiger partial charge in [0.2, 0.25) is 0 Å². The fraction of sp³-hybridized carbons (Fsp3) is 0.467. The number of carbonyl (C=O) groups is 1. The van der Waals surface area contributed by atoms with E-state index in [-0.39, 0.29) is 5.91 Å². The Morgan fingerprint density at radius 1 is 1.23 bits per heavy atom. The van der Waals surface area contributed by atoms with Crippen LogP contribution in [0.15, 0.2) is 24.9 Å². The molecular formula is C15H20N6O. The third kappa shape index (κ3) is 2.79. The molecule has 1 aliphatic rings. The second-order valence-corrected chi connectivity index (χ2v) is 5.39. The van der Waals surface area contributed by atoms with Crippen LogP contribution in [0.3, 0.4) is 0 Å². The zero-order chi connectivity index (χ0) is 15.5. The van der Waals surface area contributed by atoms with Crippen LogP contribution in [0.25, 0.3) is 0 Å². The smallest absolute Gasteiger partial charge is 0.272 e. The monoisotopic (exact) mass is 300 g/mol. The molecule has 7 nitrogen and oxygen atoms in total. The minimum absolute atomic E-state index is 0.0385. The van der Waals surface area contributed by atoms with Crippen LogP contribution in [0.1, 0.15) is 23.1 Å². The maximum atomic E-state index is 12.4. The second kappa shape index (κ2) is 6.13. The van der Waals surface area contributed by atoms with Crippen LogP contribution in [0.5, 0.6) is 0 Å². The Morgan fingerprint density at radius 3 is 2.64 bits per heavy atom. The molecule has 22 heavy (non-hydrogen) atoms. The summed E-state index contributed by atoms with van der Waals surface area (Å²) in [5.74, 6) is 0.982. The van der Waals surface area contributed by atoms with Crippen LogP contribution in [-0.4, -0.2) is 56.5 Å². The average molecular weight is 300 g/mol. The number of anilines is 1. The van der Waals surface area contributed by atoms with E-state index >= 15 is 0 Å². The topological polar surface area (TPSA) is 67.2 Å². The highest BCUT2D eigenvalue weighted by Gasteiger charge is 2.24. The van der Waals surface area contributed by atoms with Gasteiger partial charge in [0, 0.05) is 45.0 Å². The number of carbonyl (C=O) groups excluding carboxylic acids is 1. The first-order valence-corrected chi connectivity index (χ1v) is 7.50. The van der Waals surface area contributed by atoms with Crippen molar-refractivity contribution in [3.05, 3.63) is 36.3 Å². The molecule has 0 aromatic carbocycles. The van der Waals surface area contributed by atoms with E-state index in [2.05, 4.69) is 26.8 Å². The van der Waals surface area contributed by atoms with Crippen molar-refractivity contribution >= 4 is 11.7 Å². The first kappa shape index (κ1) is 14.5. The van der Waals surface area contributed by atoms with Gasteiger partial charge >= 0.3 is 0 Å². The van der Waals surface area contributed by atoms with Gasteiger partial charge in [-0.25, -0.2) is 15.0 Å². The lowest BCUT2D eigenvalue weighted by Crippen LogP contribution is -2.49. The van der Waals surface area contributed by atoms with E-state index in [4.69, 9.17) is 0 Å². The van der Waals surface area contributed by atoms with Gasteiger partial charge < -0.3 is 14.4 Å². The van der Waals surface area contributed by atoms with E-state index in [1.807, 2.05) is 18.0 Å². The van der Waals surface area contributed by atoms with Crippen LogP contribution >= 0.6 is 0 Å². The number of amides is 1. The number of imidazole rings is 1. The Bertz CT molecular complexity index is 660. The predicted octanol–water partition coefficient (Wildman–Crippen LogP) is 0.735. The molecule has 7 heteroatoms. The van der Waals surface area contributed by atoms with Crippen LogP contribution < -0.4 is 4.90 Å². The summed E-state index contributed by atoms with van der Waals surface area (Å²) in [6.45, 7) is 5.02. The van der Waals surface area contributed by atoms with Crippen LogP contribution in [0.2, 0.25) is 0 Å². The van der Waals surface area contributed by atoms with Crippen molar-refractivity contribution in [3.8, 4) is 0 Å². The molecule has 2 aromatic heterocycles. The van der Waals surface area contributed by atoms with E-state index in [1.165, 1.54) is 0 Å². The van der Waals surface area contributed by atoms with E-state index in [0.29, 0.717) is 18.8 Å². The fourth-order valence-electron chi connectivity index (χ4n) is 2.62. The van der Waals surface area contributed by atoms with Gasteiger partial charge in [-0.15, -0.1) is 0 Å². The Morgan fingerprint density at radius 2 is 2.00 bits per heavy atom. The molecule has 0 aliphatic carbocycles. The largest absolute Gasteiger partial charge is 0.353 e. The minimum atomic E-state index is 0.0385. The van der Waals surface area contributed by atoms with Crippen molar-refractivity contribution < 1.29 is 4.79 Å². The number of hydrogen-bond donors (Lipinski definition) is 0. The van der Waals surface area contributed by atoms with Gasteiger partial charge in [0.15, 0.2) is 0 Å².